The molecule has 0 spiro atoms. The van der Waals surface area contributed by atoms with Crippen LogP contribution in [0.4, 0.5) is 0 Å². The maximum Gasteiger partial charge on any atom is 0.103 e. The average Bonchev–Trinajstić information content (AvgIpc) is 2.60. The van der Waals surface area contributed by atoms with Gasteiger partial charge in [0.15, 0.2) is 0 Å². The number of hydrogen-bond donors (Lipinski definition) is 3. The molecule has 24 heavy (non-hydrogen) atoms. The maximum atomic E-state index is 9.52. The van der Waals surface area contributed by atoms with Crippen LogP contribution in [0.15, 0.2) is 0 Å². The van der Waals surface area contributed by atoms with Crippen LogP contribution >= 0.6 is 0 Å². The van der Waals surface area contributed by atoms with Gasteiger partial charge < -0.3 is 15.3 Å². The summed E-state index contributed by atoms with van der Waals surface area (Å²) >= 11 is 0. The van der Waals surface area contributed by atoms with Gasteiger partial charge in [-0.05, 0) is 6.42 Å². The smallest absolute Gasteiger partial charge is 0.103 e. The van der Waals surface area contributed by atoms with E-state index >= 15 is 0 Å². The van der Waals surface area contributed by atoms with Gasteiger partial charge in [0, 0.05) is 0 Å². The molecule has 3 N–H and O–H groups in total. The van der Waals surface area contributed by atoms with Gasteiger partial charge >= 0.3 is 0 Å². The summed E-state index contributed by atoms with van der Waals surface area (Å²) in [4.78, 5) is 0. The summed E-state index contributed by atoms with van der Waals surface area (Å²) < 4.78 is 0. The van der Waals surface area contributed by atoms with Crippen LogP contribution in [0.5, 0.6) is 0 Å². The molecule has 0 fully saturated rings. The lowest BCUT2D eigenvalue weighted by Crippen LogP contribution is -2.28. The van der Waals surface area contributed by atoms with Crippen LogP contribution in [0.1, 0.15) is 116 Å². The molecule has 0 aromatic heterocycles. The Balaban J connectivity index is 3.08. The molecule has 3 nitrogen and oxygen atoms in total. The highest BCUT2D eigenvalue weighted by Crippen LogP contribution is 2.14. The van der Waals surface area contributed by atoms with Crippen molar-refractivity contribution in [2.75, 3.05) is 6.61 Å². The molecule has 0 aromatic rings. The summed E-state index contributed by atoms with van der Waals surface area (Å²) in [6, 6.07) is 0. The highest BCUT2D eigenvalue weighted by Gasteiger charge is 2.13. The maximum absolute atomic E-state index is 9.52. The van der Waals surface area contributed by atoms with E-state index in [2.05, 4.69) is 6.92 Å². The van der Waals surface area contributed by atoms with Gasteiger partial charge in [0.05, 0.1) is 12.7 Å². The lowest BCUT2D eigenvalue weighted by atomic mass is 10.0. The molecule has 0 rings (SSSR count). The molecular weight excluding hydrogens is 300 g/mol. The minimum absolute atomic E-state index is 0.347. The van der Waals surface area contributed by atoms with Gasteiger partial charge in [-0.3, -0.25) is 0 Å². The lowest BCUT2D eigenvalue weighted by Gasteiger charge is -2.14. The third-order valence-electron chi connectivity index (χ3n) is 4.98. The Morgan fingerprint density at radius 2 is 0.833 bits per heavy atom. The van der Waals surface area contributed by atoms with Crippen LogP contribution in [-0.4, -0.2) is 34.1 Å². The summed E-state index contributed by atoms with van der Waals surface area (Å²) in [7, 11) is 0. The normalized spacial score (nSPS) is 14.0. The predicted octanol–water partition coefficient (Wildman–Crippen LogP) is 5.35. The lowest BCUT2D eigenvalue weighted by molar-refractivity contribution is -0.0185. The Hall–Kier alpha value is -0.120. The zero-order valence-corrected chi connectivity index (χ0v) is 16.2. The Kier molecular flexibility index (Phi) is 19.1. The fourth-order valence-electron chi connectivity index (χ4n) is 3.22. The van der Waals surface area contributed by atoms with E-state index in [9.17, 15) is 10.2 Å². The second-order valence-corrected chi connectivity index (χ2v) is 7.41. The highest BCUT2D eigenvalue weighted by atomic mass is 16.4. The van der Waals surface area contributed by atoms with Crippen molar-refractivity contribution in [3.8, 4) is 0 Å². The predicted molar refractivity (Wildman–Crippen MR) is 103 cm³/mol. The van der Waals surface area contributed by atoms with Crippen LogP contribution < -0.4 is 0 Å². The molecular formula is C21H44O3. The quantitative estimate of drug-likeness (QED) is 0.277. The molecule has 2 atom stereocenters. The molecule has 0 bridgehead atoms. The standard InChI is InChI=1S/C21H44O3/c1-2-3-4-5-6-7-8-9-10-11-12-13-14-15-16-17-18-20(23)21(24)19-22/h20-24H,2-19H2,1H3/t20?,21-/m0/s1. The van der Waals surface area contributed by atoms with E-state index in [-0.39, 0.29) is 6.61 Å². The van der Waals surface area contributed by atoms with Crippen molar-refractivity contribution < 1.29 is 15.3 Å². The molecule has 0 aromatic carbocycles. The van der Waals surface area contributed by atoms with E-state index in [0.717, 1.165) is 12.8 Å². The van der Waals surface area contributed by atoms with Crippen molar-refractivity contribution in [2.24, 2.45) is 0 Å². The molecule has 0 heterocycles. The van der Waals surface area contributed by atoms with Crippen LogP contribution in [0.2, 0.25) is 0 Å². The summed E-state index contributed by atoms with van der Waals surface area (Å²) in [5, 5.41) is 27.5. The van der Waals surface area contributed by atoms with Gasteiger partial charge in [0.25, 0.3) is 0 Å². The van der Waals surface area contributed by atoms with Gasteiger partial charge in [-0.2, -0.15) is 0 Å². The third-order valence-corrected chi connectivity index (χ3v) is 4.98. The summed E-state index contributed by atoms with van der Waals surface area (Å²) in [5.41, 5.74) is 0. The van der Waals surface area contributed by atoms with E-state index in [1.54, 1.807) is 0 Å². The van der Waals surface area contributed by atoms with Crippen molar-refractivity contribution in [1.29, 1.82) is 0 Å². The molecule has 0 aliphatic carbocycles. The van der Waals surface area contributed by atoms with Crippen molar-refractivity contribution >= 4 is 0 Å². The number of hydrogen-bond acceptors (Lipinski definition) is 3. The SMILES string of the molecule is CCCCCCCCCCCCCCCCCCC(O)[C@@H](O)CO. The molecule has 1 unspecified atom stereocenters. The zero-order chi connectivity index (χ0) is 17.9. The van der Waals surface area contributed by atoms with Crippen molar-refractivity contribution in [1.82, 2.24) is 0 Å². The Morgan fingerprint density at radius 1 is 0.500 bits per heavy atom. The van der Waals surface area contributed by atoms with Gasteiger partial charge in [0.1, 0.15) is 6.10 Å². The Bertz CT molecular complexity index is 233. The van der Waals surface area contributed by atoms with Gasteiger partial charge in [0.2, 0.25) is 0 Å². The number of aliphatic hydroxyl groups excluding tert-OH is 3. The minimum Gasteiger partial charge on any atom is -0.394 e. The van der Waals surface area contributed by atoms with Gasteiger partial charge in [-0.25, -0.2) is 0 Å². The Morgan fingerprint density at radius 3 is 1.17 bits per heavy atom. The Labute approximate surface area is 150 Å². The van der Waals surface area contributed by atoms with E-state index in [4.69, 9.17) is 5.11 Å². The highest BCUT2D eigenvalue weighted by molar-refractivity contribution is 4.65. The van der Waals surface area contributed by atoms with E-state index in [1.165, 1.54) is 89.9 Å². The second-order valence-electron chi connectivity index (χ2n) is 7.41. The van der Waals surface area contributed by atoms with E-state index in [1.807, 2.05) is 0 Å². The first-order valence-corrected chi connectivity index (χ1v) is 10.7. The first-order valence-electron chi connectivity index (χ1n) is 10.7. The van der Waals surface area contributed by atoms with Gasteiger partial charge in [-0.15, -0.1) is 0 Å². The average molecular weight is 345 g/mol. The van der Waals surface area contributed by atoms with Crippen LogP contribution in [0, 0.1) is 0 Å². The first kappa shape index (κ1) is 23.9. The minimum atomic E-state index is -0.971. The van der Waals surface area contributed by atoms with Gasteiger partial charge in [-0.1, -0.05) is 110 Å². The molecule has 0 saturated heterocycles. The van der Waals surface area contributed by atoms with Crippen molar-refractivity contribution in [3.63, 3.8) is 0 Å². The number of rotatable bonds is 19. The fourth-order valence-corrected chi connectivity index (χ4v) is 3.22. The molecule has 0 radical (unpaired) electrons. The summed E-state index contributed by atoms with van der Waals surface area (Å²) in [5.74, 6) is 0. The zero-order valence-electron chi connectivity index (χ0n) is 16.2. The largest absolute Gasteiger partial charge is 0.394 e. The molecule has 0 aliphatic heterocycles. The first-order chi connectivity index (χ1) is 11.7. The van der Waals surface area contributed by atoms with Crippen molar-refractivity contribution in [2.45, 2.75) is 128 Å². The second kappa shape index (κ2) is 19.2. The molecule has 3 heteroatoms. The fraction of sp³-hybridized carbons (Fsp3) is 1.00. The van der Waals surface area contributed by atoms with Crippen molar-refractivity contribution in [3.05, 3.63) is 0 Å². The molecule has 0 aliphatic rings. The molecule has 0 saturated carbocycles. The van der Waals surface area contributed by atoms with E-state index in [0.29, 0.717) is 6.42 Å². The van der Waals surface area contributed by atoms with Crippen LogP contribution in [0.3, 0.4) is 0 Å². The number of unbranched alkanes of at least 4 members (excludes halogenated alkanes) is 15. The number of aliphatic hydroxyl groups is 3. The summed E-state index contributed by atoms with van der Waals surface area (Å²) in [6.07, 6.45) is 20.2. The van der Waals surface area contributed by atoms with Crippen LogP contribution in [-0.2, 0) is 0 Å². The molecule has 0 amide bonds. The topological polar surface area (TPSA) is 60.7 Å². The summed E-state index contributed by atoms with van der Waals surface area (Å²) in [6.45, 7) is 1.93. The third kappa shape index (κ3) is 16.7. The van der Waals surface area contributed by atoms with Crippen LogP contribution in [0.25, 0.3) is 0 Å². The van der Waals surface area contributed by atoms with E-state index < -0.39 is 12.2 Å². The molecule has 146 valence electrons. The monoisotopic (exact) mass is 344 g/mol.